The van der Waals surface area contributed by atoms with E-state index in [1.165, 1.54) is 0 Å². The number of aliphatic hydroxyl groups is 2. The quantitative estimate of drug-likeness (QED) is 0.592. The maximum absolute atomic E-state index is 9.69. The third-order valence-corrected chi connectivity index (χ3v) is 2.87. The topological polar surface area (TPSA) is 40.5 Å². The lowest BCUT2D eigenvalue weighted by atomic mass is 9.78. The number of aliphatic hydroxyl groups excluding tert-OH is 2. The van der Waals surface area contributed by atoms with Gasteiger partial charge in [0.25, 0.3) is 0 Å². The third-order valence-electron chi connectivity index (χ3n) is 2.87. The van der Waals surface area contributed by atoms with Crippen molar-refractivity contribution in [3.63, 3.8) is 0 Å². The summed E-state index contributed by atoms with van der Waals surface area (Å²) in [7, 11) is 0. The average Bonchev–Trinajstić information content (AvgIpc) is 2.03. The van der Waals surface area contributed by atoms with E-state index < -0.39 is 0 Å². The van der Waals surface area contributed by atoms with E-state index in [2.05, 4.69) is 6.92 Å². The molecule has 0 aromatic carbocycles. The van der Waals surface area contributed by atoms with E-state index in [4.69, 9.17) is 5.11 Å². The van der Waals surface area contributed by atoms with Crippen molar-refractivity contribution in [3.8, 4) is 0 Å². The Morgan fingerprint density at radius 3 is 2.58 bits per heavy atom. The van der Waals surface area contributed by atoms with Crippen molar-refractivity contribution in [2.24, 2.45) is 11.8 Å². The fourth-order valence-electron chi connectivity index (χ4n) is 1.98. The Morgan fingerprint density at radius 1 is 1.42 bits per heavy atom. The molecule has 0 aliphatic heterocycles. The second kappa shape index (κ2) is 3.94. The molecule has 1 aliphatic rings. The van der Waals surface area contributed by atoms with Crippen LogP contribution in [0.4, 0.5) is 0 Å². The van der Waals surface area contributed by atoms with Gasteiger partial charge in [-0.3, -0.25) is 0 Å². The molecule has 2 N–H and O–H groups in total. The molecule has 2 heteroatoms. The first-order chi connectivity index (χ1) is 5.65. The Labute approximate surface area is 73.9 Å². The lowest BCUT2D eigenvalue weighted by Crippen LogP contribution is -2.29. The van der Waals surface area contributed by atoms with Gasteiger partial charge in [0.05, 0.1) is 12.4 Å². The molecule has 0 saturated heterocycles. The minimum Gasteiger partial charge on any atom is -0.516 e. The first-order valence-corrected chi connectivity index (χ1v) is 4.64. The Hall–Kier alpha value is -0.500. The number of rotatable bonds is 1. The van der Waals surface area contributed by atoms with Crippen LogP contribution in [-0.2, 0) is 0 Å². The lowest BCUT2D eigenvalue weighted by molar-refractivity contribution is 0.0643. The largest absolute Gasteiger partial charge is 0.516 e. The summed E-state index contributed by atoms with van der Waals surface area (Å²) in [6.07, 6.45) is 3.91. The van der Waals surface area contributed by atoms with Gasteiger partial charge in [0.2, 0.25) is 0 Å². The van der Waals surface area contributed by atoms with E-state index in [1.807, 2.05) is 6.92 Å². The predicted octanol–water partition coefficient (Wildman–Crippen LogP) is 2.25. The van der Waals surface area contributed by atoms with E-state index in [0.717, 1.165) is 31.1 Å². The molecule has 0 bridgehead atoms. The highest BCUT2D eigenvalue weighted by atomic mass is 16.3. The highest BCUT2D eigenvalue weighted by molar-refractivity contribution is 5.03. The van der Waals surface area contributed by atoms with Crippen LogP contribution in [-0.4, -0.2) is 16.3 Å². The van der Waals surface area contributed by atoms with Crippen LogP contribution in [0, 0.1) is 11.8 Å². The van der Waals surface area contributed by atoms with Crippen LogP contribution < -0.4 is 0 Å². The number of hydrogen-bond donors (Lipinski definition) is 2. The molecule has 0 aromatic rings. The van der Waals surface area contributed by atoms with Crippen molar-refractivity contribution in [2.45, 2.75) is 39.2 Å². The van der Waals surface area contributed by atoms with Crippen LogP contribution in [0.25, 0.3) is 0 Å². The molecule has 0 aromatic heterocycles. The van der Waals surface area contributed by atoms with Gasteiger partial charge < -0.3 is 10.2 Å². The zero-order valence-corrected chi connectivity index (χ0v) is 7.83. The molecule has 1 rings (SSSR count). The zero-order valence-electron chi connectivity index (χ0n) is 7.83. The van der Waals surface area contributed by atoms with Gasteiger partial charge in [-0.15, -0.1) is 0 Å². The summed E-state index contributed by atoms with van der Waals surface area (Å²) >= 11 is 0. The summed E-state index contributed by atoms with van der Waals surface area (Å²) in [5.74, 6) is 0.814. The molecular weight excluding hydrogens is 152 g/mol. The van der Waals surface area contributed by atoms with Crippen LogP contribution in [0.2, 0.25) is 0 Å². The molecule has 1 fully saturated rings. The number of hydrogen-bond acceptors (Lipinski definition) is 2. The van der Waals surface area contributed by atoms with E-state index in [-0.39, 0.29) is 12.0 Å². The molecule has 12 heavy (non-hydrogen) atoms. The molecule has 0 spiro atoms. The van der Waals surface area contributed by atoms with Gasteiger partial charge in [-0.25, -0.2) is 0 Å². The molecule has 1 saturated carbocycles. The highest BCUT2D eigenvalue weighted by Crippen LogP contribution is 2.32. The minimum absolute atomic E-state index is 0.186. The van der Waals surface area contributed by atoms with Gasteiger partial charge in [0.1, 0.15) is 0 Å². The third kappa shape index (κ3) is 2.01. The molecule has 0 radical (unpaired) electrons. The summed E-state index contributed by atoms with van der Waals surface area (Å²) in [4.78, 5) is 0. The summed E-state index contributed by atoms with van der Waals surface area (Å²) in [6, 6.07) is 0. The van der Waals surface area contributed by atoms with Gasteiger partial charge in [-0.05, 0) is 37.7 Å². The van der Waals surface area contributed by atoms with Crippen molar-refractivity contribution in [1.82, 2.24) is 0 Å². The molecule has 3 atom stereocenters. The Balaban J connectivity index is 2.56. The first-order valence-electron chi connectivity index (χ1n) is 4.64. The van der Waals surface area contributed by atoms with Crippen LogP contribution >= 0.6 is 0 Å². The molecule has 70 valence electrons. The summed E-state index contributed by atoms with van der Waals surface area (Å²) in [6.45, 7) is 4.04. The molecule has 2 nitrogen and oxygen atoms in total. The second-order valence-electron chi connectivity index (χ2n) is 3.97. The first kappa shape index (κ1) is 9.59. The van der Waals surface area contributed by atoms with Gasteiger partial charge in [-0.2, -0.15) is 0 Å². The van der Waals surface area contributed by atoms with Crippen LogP contribution in [0.1, 0.15) is 33.1 Å². The summed E-state index contributed by atoms with van der Waals surface area (Å²) in [5.41, 5.74) is 0.911. The SMILES string of the molecule is C/C(=C\O)C1CCC(C)CC1O. The van der Waals surface area contributed by atoms with E-state index >= 15 is 0 Å². The van der Waals surface area contributed by atoms with Crippen LogP contribution in [0.5, 0.6) is 0 Å². The van der Waals surface area contributed by atoms with Gasteiger partial charge >= 0.3 is 0 Å². The van der Waals surface area contributed by atoms with Crippen molar-refractivity contribution >= 4 is 0 Å². The van der Waals surface area contributed by atoms with E-state index in [1.54, 1.807) is 0 Å². The smallest absolute Gasteiger partial charge is 0.0784 e. The van der Waals surface area contributed by atoms with Gasteiger partial charge in [-0.1, -0.05) is 6.92 Å². The van der Waals surface area contributed by atoms with E-state index in [9.17, 15) is 5.11 Å². The maximum atomic E-state index is 9.69. The van der Waals surface area contributed by atoms with Gasteiger partial charge in [0.15, 0.2) is 0 Å². The average molecular weight is 170 g/mol. The molecular formula is C10H18O2. The normalized spacial score (nSPS) is 38.2. The fraction of sp³-hybridized carbons (Fsp3) is 0.800. The Morgan fingerprint density at radius 2 is 2.08 bits per heavy atom. The molecule has 0 amide bonds. The minimum atomic E-state index is -0.253. The van der Waals surface area contributed by atoms with Crippen molar-refractivity contribution < 1.29 is 10.2 Å². The standard InChI is InChI=1S/C10H18O2/c1-7-3-4-9(8(2)6-11)10(12)5-7/h6-7,9-12H,3-5H2,1-2H3/b8-6+. The second-order valence-corrected chi connectivity index (χ2v) is 3.97. The van der Waals surface area contributed by atoms with Crippen LogP contribution in [0.3, 0.4) is 0 Å². The molecule has 3 unspecified atom stereocenters. The highest BCUT2D eigenvalue weighted by Gasteiger charge is 2.27. The molecule has 1 aliphatic carbocycles. The van der Waals surface area contributed by atoms with Crippen LogP contribution in [0.15, 0.2) is 11.8 Å². The monoisotopic (exact) mass is 170 g/mol. The lowest BCUT2D eigenvalue weighted by Gasteiger charge is -2.31. The van der Waals surface area contributed by atoms with Crippen molar-refractivity contribution in [2.75, 3.05) is 0 Å². The molecule has 0 heterocycles. The summed E-state index contributed by atoms with van der Waals surface area (Å²) < 4.78 is 0. The Kier molecular flexibility index (Phi) is 3.15. The maximum Gasteiger partial charge on any atom is 0.0784 e. The Bertz CT molecular complexity index is 175. The van der Waals surface area contributed by atoms with Crippen molar-refractivity contribution in [1.29, 1.82) is 0 Å². The predicted molar refractivity (Wildman–Crippen MR) is 48.9 cm³/mol. The zero-order chi connectivity index (χ0) is 9.14. The summed E-state index contributed by atoms with van der Waals surface area (Å²) in [5, 5.41) is 18.5. The van der Waals surface area contributed by atoms with E-state index in [0.29, 0.717) is 5.92 Å². The van der Waals surface area contributed by atoms with Crippen molar-refractivity contribution in [3.05, 3.63) is 11.8 Å². The fourth-order valence-corrected chi connectivity index (χ4v) is 1.98. The van der Waals surface area contributed by atoms with Gasteiger partial charge in [0, 0.05) is 5.92 Å².